The monoisotopic (exact) mass is 557 g/mol. The lowest BCUT2D eigenvalue weighted by atomic mass is 9.97. The van der Waals surface area contributed by atoms with Crippen LogP contribution in [0.4, 0.5) is 5.69 Å². The van der Waals surface area contributed by atoms with Crippen molar-refractivity contribution in [2.45, 2.75) is 44.8 Å². The number of hydrogen-bond donors (Lipinski definition) is 2. The summed E-state index contributed by atoms with van der Waals surface area (Å²) >= 11 is 0. The number of carbonyl (C=O) groups is 2. The van der Waals surface area contributed by atoms with Crippen LogP contribution in [0.3, 0.4) is 0 Å². The van der Waals surface area contributed by atoms with Crippen LogP contribution in [0.25, 0.3) is 10.8 Å². The molecule has 4 aromatic carbocycles. The van der Waals surface area contributed by atoms with Gasteiger partial charge in [-0.15, -0.1) is 12.4 Å². The number of nitrogens with zero attached hydrogens (tertiary/aromatic N) is 1. The minimum atomic E-state index is -0.612. The highest BCUT2D eigenvalue weighted by atomic mass is 35.5. The number of fused-ring (bicyclic) bond motifs is 2. The Labute approximate surface area is 242 Å². The molecule has 1 heterocycles. The van der Waals surface area contributed by atoms with Crippen molar-refractivity contribution < 1.29 is 14.3 Å². The van der Waals surface area contributed by atoms with E-state index in [9.17, 15) is 9.59 Å². The van der Waals surface area contributed by atoms with E-state index in [2.05, 4.69) is 65.2 Å². The molecule has 0 bridgehead atoms. The maximum absolute atomic E-state index is 14.0. The van der Waals surface area contributed by atoms with Crippen LogP contribution in [0.5, 0.6) is 5.75 Å². The van der Waals surface area contributed by atoms with Gasteiger partial charge in [0.15, 0.2) is 0 Å². The molecule has 1 aliphatic rings. The summed E-state index contributed by atoms with van der Waals surface area (Å²) in [4.78, 5) is 28.5. The van der Waals surface area contributed by atoms with Crippen LogP contribution >= 0.6 is 12.4 Å². The van der Waals surface area contributed by atoms with E-state index in [1.807, 2.05) is 35.2 Å². The van der Waals surface area contributed by atoms with E-state index in [0.29, 0.717) is 19.4 Å². The Balaban J connectivity index is 0.00000370. The molecule has 0 spiro atoms. The first-order valence-corrected chi connectivity index (χ1v) is 13.5. The zero-order valence-electron chi connectivity index (χ0n) is 23.1. The van der Waals surface area contributed by atoms with E-state index in [1.165, 1.54) is 11.1 Å². The lowest BCUT2D eigenvalue weighted by molar-refractivity contribution is -0.128. The van der Waals surface area contributed by atoms with Gasteiger partial charge in [0, 0.05) is 11.3 Å². The Kier molecular flexibility index (Phi) is 9.46. The fourth-order valence-corrected chi connectivity index (χ4v) is 5.32. The molecule has 40 heavy (non-hydrogen) atoms. The van der Waals surface area contributed by atoms with Gasteiger partial charge in [-0.25, -0.2) is 0 Å². The molecule has 0 radical (unpaired) electrons. The summed E-state index contributed by atoms with van der Waals surface area (Å²) in [6, 6.07) is 28.0. The van der Waals surface area contributed by atoms with Gasteiger partial charge in [0.2, 0.25) is 11.8 Å². The largest absolute Gasteiger partial charge is 0.496 e. The van der Waals surface area contributed by atoms with Crippen LogP contribution in [0.2, 0.25) is 0 Å². The minimum Gasteiger partial charge on any atom is -0.496 e. The number of benzene rings is 4. The maximum atomic E-state index is 14.0. The molecule has 4 aromatic rings. The first-order valence-electron chi connectivity index (χ1n) is 13.5. The van der Waals surface area contributed by atoms with Crippen molar-refractivity contribution in [3.05, 3.63) is 107 Å². The number of hydrogen-bond acceptors (Lipinski definition) is 4. The normalized spacial score (nSPS) is 15.5. The number of anilines is 1. The van der Waals surface area contributed by atoms with Gasteiger partial charge in [0.25, 0.3) is 0 Å². The number of rotatable bonds is 8. The van der Waals surface area contributed by atoms with Crippen molar-refractivity contribution in [3.8, 4) is 5.75 Å². The standard InChI is InChI=1S/C33H35N3O3.ClH/c1-22(34-2)32(37)35-29-17-14-25-11-7-8-12-30(25)36(33(29)38)21-28-27-16-13-24(19-23-9-5-4-6-10-23)20-26(27)15-18-31(28)39-3;/h4-13,15-16,18,20,22,29,34H,14,17,19,21H2,1-3H3,(H,35,37);1H. The fourth-order valence-electron chi connectivity index (χ4n) is 5.32. The minimum absolute atomic E-state index is 0. The first-order chi connectivity index (χ1) is 19.0. The van der Waals surface area contributed by atoms with Crippen molar-refractivity contribution in [3.63, 3.8) is 0 Å². The van der Waals surface area contributed by atoms with Gasteiger partial charge in [-0.1, -0.05) is 72.8 Å². The Morgan fingerprint density at radius 1 is 1.00 bits per heavy atom. The highest BCUT2D eigenvalue weighted by Gasteiger charge is 2.33. The van der Waals surface area contributed by atoms with Gasteiger partial charge in [-0.05, 0) is 72.8 Å². The van der Waals surface area contributed by atoms with E-state index in [1.54, 1.807) is 21.1 Å². The molecule has 0 aliphatic carbocycles. The lowest BCUT2D eigenvalue weighted by Gasteiger charge is -2.28. The molecule has 5 rings (SSSR count). The number of nitrogens with one attached hydrogen (secondary N) is 2. The van der Waals surface area contributed by atoms with Crippen LogP contribution < -0.4 is 20.3 Å². The van der Waals surface area contributed by atoms with Gasteiger partial charge >= 0.3 is 0 Å². The van der Waals surface area contributed by atoms with Crippen LogP contribution in [0.1, 0.15) is 35.6 Å². The van der Waals surface area contributed by atoms with Crippen LogP contribution in [0.15, 0.2) is 84.9 Å². The van der Waals surface area contributed by atoms with Crippen molar-refractivity contribution in [1.82, 2.24) is 10.6 Å². The molecule has 1 aliphatic heterocycles. The Morgan fingerprint density at radius 2 is 1.75 bits per heavy atom. The summed E-state index contributed by atoms with van der Waals surface area (Å²) in [6.07, 6.45) is 2.10. The predicted molar refractivity (Wildman–Crippen MR) is 163 cm³/mol. The molecule has 0 saturated carbocycles. The summed E-state index contributed by atoms with van der Waals surface area (Å²) in [5, 5.41) is 8.08. The SMILES string of the molecule is CNC(C)C(=O)NC1CCc2ccccc2N(Cc2c(OC)ccc3cc(Cc4ccccc4)ccc23)C1=O.Cl. The zero-order chi connectivity index (χ0) is 27.4. The number of methoxy groups -OCH3 is 1. The van der Waals surface area contributed by atoms with Gasteiger partial charge in [0.05, 0.1) is 19.7 Å². The highest BCUT2D eigenvalue weighted by molar-refractivity contribution is 6.01. The molecule has 208 valence electrons. The molecule has 0 saturated heterocycles. The van der Waals surface area contributed by atoms with Gasteiger partial charge in [-0.2, -0.15) is 0 Å². The number of halogens is 1. The average molecular weight is 558 g/mol. The number of amides is 2. The topological polar surface area (TPSA) is 70.7 Å². The van der Waals surface area contributed by atoms with Crippen molar-refractivity contribution in [1.29, 1.82) is 0 Å². The molecule has 0 fully saturated rings. The second-order valence-electron chi connectivity index (χ2n) is 10.1. The zero-order valence-corrected chi connectivity index (χ0v) is 24.0. The summed E-state index contributed by atoms with van der Waals surface area (Å²) in [7, 11) is 3.40. The number of carbonyl (C=O) groups excluding carboxylic acids is 2. The summed E-state index contributed by atoms with van der Waals surface area (Å²) in [5.41, 5.74) is 5.40. The molecular weight excluding hydrogens is 522 g/mol. The smallest absolute Gasteiger partial charge is 0.249 e. The molecule has 2 amide bonds. The molecule has 0 aromatic heterocycles. The number of aryl methyl sites for hydroxylation is 1. The second kappa shape index (κ2) is 13.0. The van der Waals surface area contributed by atoms with Crippen molar-refractivity contribution in [2.75, 3.05) is 19.1 Å². The summed E-state index contributed by atoms with van der Waals surface area (Å²) in [5.74, 6) is 0.434. The molecule has 6 nitrogen and oxygen atoms in total. The Bertz CT molecular complexity index is 1490. The van der Waals surface area contributed by atoms with E-state index in [0.717, 1.165) is 39.8 Å². The lowest BCUT2D eigenvalue weighted by Crippen LogP contribution is -2.52. The van der Waals surface area contributed by atoms with E-state index in [-0.39, 0.29) is 30.3 Å². The van der Waals surface area contributed by atoms with E-state index < -0.39 is 6.04 Å². The van der Waals surface area contributed by atoms with Crippen LogP contribution in [0, 0.1) is 0 Å². The third-order valence-corrected chi connectivity index (χ3v) is 7.63. The van der Waals surface area contributed by atoms with E-state index in [4.69, 9.17) is 4.74 Å². The van der Waals surface area contributed by atoms with E-state index >= 15 is 0 Å². The summed E-state index contributed by atoms with van der Waals surface area (Å²) in [6.45, 7) is 2.12. The average Bonchev–Trinajstić information content (AvgIpc) is 3.09. The van der Waals surface area contributed by atoms with Crippen molar-refractivity contribution >= 4 is 40.7 Å². The summed E-state index contributed by atoms with van der Waals surface area (Å²) < 4.78 is 5.80. The highest BCUT2D eigenvalue weighted by Crippen LogP contribution is 2.34. The van der Waals surface area contributed by atoms with Gasteiger partial charge in [-0.3, -0.25) is 9.59 Å². The molecule has 2 unspecified atom stereocenters. The van der Waals surface area contributed by atoms with Crippen LogP contribution in [-0.2, 0) is 29.0 Å². The fraction of sp³-hybridized carbons (Fsp3) is 0.273. The van der Waals surface area contributed by atoms with Crippen molar-refractivity contribution in [2.24, 2.45) is 0 Å². The first kappa shape index (κ1) is 29.1. The quantitative estimate of drug-likeness (QED) is 0.303. The number of ether oxygens (including phenoxy) is 1. The predicted octanol–water partition coefficient (Wildman–Crippen LogP) is 5.43. The van der Waals surface area contributed by atoms with Crippen LogP contribution in [-0.4, -0.2) is 38.1 Å². The number of likely N-dealkylation sites (N-methyl/N-ethyl adjacent to an activating group) is 1. The second-order valence-corrected chi connectivity index (χ2v) is 10.1. The number of para-hydroxylation sites is 1. The molecule has 2 N–H and O–H groups in total. The molecular formula is C33H36ClN3O3. The molecule has 2 atom stereocenters. The molecule has 7 heteroatoms. The van der Waals surface area contributed by atoms with Gasteiger partial charge < -0.3 is 20.3 Å². The Morgan fingerprint density at radius 3 is 2.50 bits per heavy atom. The maximum Gasteiger partial charge on any atom is 0.249 e. The Hall–Kier alpha value is -3.87. The third-order valence-electron chi connectivity index (χ3n) is 7.63. The van der Waals surface area contributed by atoms with Gasteiger partial charge in [0.1, 0.15) is 11.8 Å². The third kappa shape index (κ3) is 6.14.